The van der Waals surface area contributed by atoms with E-state index in [0.717, 1.165) is 0 Å². The second-order valence-electron chi connectivity index (χ2n) is 8.73. The highest BCUT2D eigenvalue weighted by Crippen LogP contribution is 2.21. The molecule has 0 fully saturated rings. The van der Waals surface area contributed by atoms with Crippen LogP contribution in [0.5, 0.6) is 0 Å². The Balaban J connectivity index is 3.14. The third-order valence-electron chi connectivity index (χ3n) is 5.38. The van der Waals surface area contributed by atoms with Crippen LogP contribution in [0.15, 0.2) is 0 Å². The topological polar surface area (TPSA) is 214 Å². The molecule has 7 N–H and O–H groups in total. The number of nitrogens with one attached hydrogen (secondary N) is 3. The molecule has 0 spiro atoms. The van der Waals surface area contributed by atoms with E-state index in [2.05, 4.69) is 25.9 Å². The number of nitrogens with zero attached hydrogens (tertiary/aromatic N) is 2. The van der Waals surface area contributed by atoms with Gasteiger partial charge in [0.2, 0.25) is 0 Å². The zero-order valence-corrected chi connectivity index (χ0v) is 23.4. The van der Waals surface area contributed by atoms with Crippen molar-refractivity contribution in [3.63, 3.8) is 0 Å². The molecule has 15 nitrogen and oxygen atoms in total. The van der Waals surface area contributed by atoms with Crippen LogP contribution in [0.4, 0.5) is 11.6 Å². The van der Waals surface area contributed by atoms with Crippen LogP contribution in [0.3, 0.4) is 0 Å². The predicted octanol–water partition coefficient (Wildman–Crippen LogP) is -1.19. The molecule has 0 saturated heterocycles. The number of Topliss-reactive ketones (excluding diaryl/α,β-unsaturated/α-hetero) is 1. The fourth-order valence-corrected chi connectivity index (χ4v) is 3.15. The van der Waals surface area contributed by atoms with Gasteiger partial charge in [-0.1, -0.05) is 0 Å². The van der Waals surface area contributed by atoms with E-state index >= 15 is 0 Å². The van der Waals surface area contributed by atoms with Crippen LogP contribution in [0.25, 0.3) is 0 Å². The number of aromatic nitrogens is 2. The number of carbonyl (C=O) groups is 2. The van der Waals surface area contributed by atoms with Crippen molar-refractivity contribution in [2.24, 2.45) is 0 Å². The lowest BCUT2D eigenvalue weighted by atomic mass is 10.1. The number of rotatable bonds is 25. The second-order valence-corrected chi connectivity index (χ2v) is 8.73. The number of hydrogen-bond acceptors (Lipinski definition) is 14. The molecule has 1 amide bonds. The smallest absolute Gasteiger partial charge is 0.273 e. The van der Waals surface area contributed by atoms with E-state index in [0.29, 0.717) is 65.6 Å². The molecule has 2 unspecified atom stereocenters. The number of ether oxygens (including phenoxy) is 4. The average molecular weight is 576 g/mol. The first-order valence-corrected chi connectivity index (χ1v) is 13.3. The first kappa shape index (κ1) is 35.5. The highest BCUT2D eigenvalue weighted by atomic mass is 16.5. The van der Waals surface area contributed by atoms with Gasteiger partial charge in [-0.05, 0) is 19.3 Å². The van der Waals surface area contributed by atoms with Crippen molar-refractivity contribution < 1.29 is 49.0 Å². The SMILES string of the molecule is COCCOCCCNc1nc(C(=O)NCC(O)CO)c(NCCCOCCOC)nc1C(=O)CCC(O)CO. The fourth-order valence-electron chi connectivity index (χ4n) is 3.15. The molecule has 1 aromatic rings. The van der Waals surface area contributed by atoms with E-state index in [9.17, 15) is 19.8 Å². The maximum absolute atomic E-state index is 13.1. The maximum atomic E-state index is 13.1. The molecule has 15 heteroatoms. The van der Waals surface area contributed by atoms with Gasteiger partial charge in [0.25, 0.3) is 5.91 Å². The summed E-state index contributed by atoms with van der Waals surface area (Å²) in [5.41, 5.74) is -0.146. The zero-order valence-electron chi connectivity index (χ0n) is 23.4. The number of aliphatic hydroxyl groups excluding tert-OH is 4. The Bertz CT molecular complexity index is 781. The maximum Gasteiger partial charge on any atom is 0.273 e. The lowest BCUT2D eigenvalue weighted by molar-refractivity contribution is 0.0705. The van der Waals surface area contributed by atoms with Gasteiger partial charge >= 0.3 is 0 Å². The van der Waals surface area contributed by atoms with Crippen LogP contribution in [-0.2, 0) is 18.9 Å². The number of anilines is 2. The zero-order chi connectivity index (χ0) is 29.6. The number of amides is 1. The van der Waals surface area contributed by atoms with E-state index in [1.54, 1.807) is 14.2 Å². The van der Waals surface area contributed by atoms with Crippen molar-refractivity contribution in [1.82, 2.24) is 15.3 Å². The third-order valence-corrected chi connectivity index (χ3v) is 5.38. The molecule has 230 valence electrons. The Morgan fingerprint density at radius 2 is 1.30 bits per heavy atom. The van der Waals surface area contributed by atoms with Crippen LogP contribution in [0.1, 0.15) is 46.7 Å². The van der Waals surface area contributed by atoms with E-state index < -0.39 is 37.1 Å². The van der Waals surface area contributed by atoms with E-state index in [-0.39, 0.29) is 42.4 Å². The van der Waals surface area contributed by atoms with Crippen LogP contribution < -0.4 is 16.0 Å². The van der Waals surface area contributed by atoms with Gasteiger partial charge in [0, 0.05) is 53.5 Å². The summed E-state index contributed by atoms with van der Waals surface area (Å²) in [6, 6.07) is 0. The molecular weight excluding hydrogens is 530 g/mol. The Kier molecular flexibility index (Phi) is 19.7. The summed E-state index contributed by atoms with van der Waals surface area (Å²) in [7, 11) is 3.16. The van der Waals surface area contributed by atoms with Crippen molar-refractivity contribution in [3.8, 4) is 0 Å². The van der Waals surface area contributed by atoms with Gasteiger partial charge in [0.1, 0.15) is 0 Å². The molecule has 0 aliphatic rings. The molecule has 0 aromatic carbocycles. The molecule has 1 rings (SSSR count). The minimum absolute atomic E-state index is 0.0205. The molecule has 40 heavy (non-hydrogen) atoms. The van der Waals surface area contributed by atoms with Crippen LogP contribution in [0.2, 0.25) is 0 Å². The molecule has 2 atom stereocenters. The molecule has 0 radical (unpaired) electrons. The quantitative estimate of drug-likeness (QED) is 0.0539. The van der Waals surface area contributed by atoms with Crippen molar-refractivity contribution >= 4 is 23.3 Å². The Hall–Kier alpha value is -2.50. The van der Waals surface area contributed by atoms with Crippen molar-refractivity contribution in [2.75, 3.05) is 97.3 Å². The van der Waals surface area contributed by atoms with E-state index in [1.165, 1.54) is 0 Å². The van der Waals surface area contributed by atoms with Crippen molar-refractivity contribution in [1.29, 1.82) is 0 Å². The summed E-state index contributed by atoms with van der Waals surface area (Å²) in [4.78, 5) is 34.8. The number of aliphatic hydroxyl groups is 4. The van der Waals surface area contributed by atoms with Gasteiger partial charge in [0.15, 0.2) is 28.8 Å². The summed E-state index contributed by atoms with van der Waals surface area (Å²) in [6.45, 7) is 2.13. The Morgan fingerprint density at radius 3 is 1.82 bits per heavy atom. The van der Waals surface area contributed by atoms with E-state index in [1.807, 2.05) is 0 Å². The highest BCUT2D eigenvalue weighted by Gasteiger charge is 2.24. The molecule has 1 heterocycles. The van der Waals surface area contributed by atoms with Gasteiger partial charge in [-0.2, -0.15) is 0 Å². The van der Waals surface area contributed by atoms with Gasteiger partial charge in [-0.3, -0.25) is 9.59 Å². The standard InChI is InChI=1S/C25H45N5O10/c1-37-11-13-39-9-3-7-26-23-21(20(35)6-5-18(33)16-31)29-24(27-8-4-10-40-14-12-38-2)22(30-23)25(36)28-15-19(34)17-32/h18-19,31-34H,3-17H2,1-2H3,(H,26,30)(H,27,29)(H,28,36). The molecule has 0 saturated carbocycles. The molecule has 1 aromatic heterocycles. The number of ketones is 1. The number of hydrogen-bond donors (Lipinski definition) is 7. The van der Waals surface area contributed by atoms with Gasteiger partial charge in [-0.15, -0.1) is 0 Å². The molecule has 0 bridgehead atoms. The monoisotopic (exact) mass is 575 g/mol. The highest BCUT2D eigenvalue weighted by molar-refractivity contribution is 6.02. The minimum Gasteiger partial charge on any atom is -0.394 e. The average Bonchev–Trinajstić information content (AvgIpc) is 2.97. The largest absolute Gasteiger partial charge is 0.394 e. The fraction of sp³-hybridized carbons (Fsp3) is 0.760. The summed E-state index contributed by atoms with van der Waals surface area (Å²) in [5, 5.41) is 46.1. The second kappa shape index (κ2) is 22.2. The molecule has 0 aliphatic carbocycles. The first-order valence-electron chi connectivity index (χ1n) is 13.3. The van der Waals surface area contributed by atoms with Gasteiger partial charge in [-0.25, -0.2) is 9.97 Å². The van der Waals surface area contributed by atoms with Crippen molar-refractivity contribution in [3.05, 3.63) is 11.4 Å². The molecular formula is C25H45N5O10. The van der Waals surface area contributed by atoms with Gasteiger partial charge in [0.05, 0.1) is 51.8 Å². The third kappa shape index (κ3) is 14.8. The summed E-state index contributed by atoms with van der Waals surface area (Å²) < 4.78 is 20.8. The first-order chi connectivity index (χ1) is 19.4. The summed E-state index contributed by atoms with van der Waals surface area (Å²) in [5.74, 6) is -0.985. The van der Waals surface area contributed by atoms with Crippen LogP contribution in [-0.4, -0.2) is 141 Å². The normalized spacial score (nSPS) is 12.7. The summed E-state index contributed by atoms with van der Waals surface area (Å²) in [6.07, 6.45) is -1.18. The van der Waals surface area contributed by atoms with Gasteiger partial charge < -0.3 is 55.3 Å². The molecule has 0 aliphatic heterocycles. The lowest BCUT2D eigenvalue weighted by Gasteiger charge is -2.17. The predicted molar refractivity (Wildman–Crippen MR) is 146 cm³/mol. The Labute approximate surface area is 234 Å². The number of carbonyl (C=O) groups excluding carboxylic acids is 2. The van der Waals surface area contributed by atoms with E-state index in [4.69, 9.17) is 29.2 Å². The Morgan fingerprint density at radius 1 is 0.775 bits per heavy atom. The lowest BCUT2D eigenvalue weighted by Crippen LogP contribution is -2.35. The minimum atomic E-state index is -1.16. The van der Waals surface area contributed by atoms with Crippen molar-refractivity contribution in [2.45, 2.75) is 37.9 Å². The van der Waals surface area contributed by atoms with Crippen LogP contribution >= 0.6 is 0 Å². The van der Waals surface area contributed by atoms with Crippen LogP contribution in [0, 0.1) is 0 Å². The number of methoxy groups -OCH3 is 2. The summed E-state index contributed by atoms with van der Waals surface area (Å²) >= 11 is 0.